The molecule has 2 aliphatic heterocycles. The van der Waals surface area contributed by atoms with Crippen LogP contribution in [0.5, 0.6) is 5.75 Å². The summed E-state index contributed by atoms with van der Waals surface area (Å²) >= 11 is 0. The molecule has 0 spiro atoms. The van der Waals surface area contributed by atoms with Crippen molar-refractivity contribution in [2.24, 2.45) is 5.92 Å². The molecule has 2 saturated heterocycles. The molecule has 1 amide bonds. The summed E-state index contributed by atoms with van der Waals surface area (Å²) in [7, 11) is 1.69. The first-order chi connectivity index (χ1) is 13.7. The van der Waals surface area contributed by atoms with Crippen molar-refractivity contribution in [2.45, 2.75) is 25.3 Å². The Labute approximate surface area is 178 Å². The summed E-state index contributed by atoms with van der Waals surface area (Å²) in [4.78, 5) is 14.9. The summed E-state index contributed by atoms with van der Waals surface area (Å²) < 4.78 is 7.25. The minimum atomic E-state index is -0.0812. The van der Waals surface area contributed by atoms with Gasteiger partial charge in [0.15, 0.2) is 0 Å². The topological polar surface area (TPSA) is 71.4 Å². The third kappa shape index (κ3) is 5.22. The molecule has 2 aliphatic rings. The van der Waals surface area contributed by atoms with E-state index in [0.29, 0.717) is 24.2 Å². The fourth-order valence-electron chi connectivity index (χ4n) is 4.09. The molecule has 2 atom stereocenters. The van der Waals surface area contributed by atoms with E-state index in [0.717, 1.165) is 51.2 Å². The van der Waals surface area contributed by atoms with Gasteiger partial charge < -0.3 is 20.3 Å². The van der Waals surface area contributed by atoms with E-state index in [4.69, 9.17) is 4.74 Å². The van der Waals surface area contributed by atoms with E-state index in [2.05, 4.69) is 32.8 Å². The Kier molecular flexibility index (Phi) is 7.39. The van der Waals surface area contributed by atoms with Gasteiger partial charge in [0.25, 0.3) is 5.91 Å². The van der Waals surface area contributed by atoms with Crippen molar-refractivity contribution in [3.8, 4) is 5.75 Å². The third-order valence-electron chi connectivity index (χ3n) is 5.74. The summed E-state index contributed by atoms with van der Waals surface area (Å²) in [6, 6.07) is 10.3. The second-order valence-corrected chi connectivity index (χ2v) is 7.69. The van der Waals surface area contributed by atoms with Crippen molar-refractivity contribution < 1.29 is 9.53 Å². The molecule has 1 aromatic heterocycles. The number of benzene rings is 1. The van der Waals surface area contributed by atoms with Gasteiger partial charge in [-0.25, -0.2) is 0 Å². The molecule has 0 bridgehead atoms. The molecule has 8 heteroatoms. The molecule has 3 heterocycles. The average molecular weight is 420 g/mol. The number of hydrogen-bond donors (Lipinski definition) is 2. The standard InChI is InChI=1S/C21H29N5O2.ClH/c1-28-19-6-2-4-17(12-19)25-10-7-16(15-25)13-23-21(27)20-8-11-26(24-20)18-5-3-9-22-14-18;/h2,4,6,8,11-12,16,18,22H,3,5,7,9-10,13-15H2,1H3,(H,23,27);1H. The SMILES string of the molecule is COc1cccc(N2CCC(CNC(=O)c3ccn(C4CCCNC4)n3)C2)c1.Cl. The van der Waals surface area contributed by atoms with Gasteiger partial charge in [-0.15, -0.1) is 12.4 Å². The number of halogens is 1. The average Bonchev–Trinajstić information content (AvgIpc) is 3.43. The number of rotatable bonds is 6. The Bertz CT molecular complexity index is 806. The maximum Gasteiger partial charge on any atom is 0.271 e. The van der Waals surface area contributed by atoms with Crippen LogP contribution in [0.25, 0.3) is 0 Å². The lowest BCUT2D eigenvalue weighted by Crippen LogP contribution is -2.33. The zero-order valence-corrected chi connectivity index (χ0v) is 17.7. The zero-order chi connectivity index (χ0) is 19.3. The number of aromatic nitrogens is 2. The monoisotopic (exact) mass is 419 g/mol. The number of methoxy groups -OCH3 is 1. The first-order valence-corrected chi connectivity index (χ1v) is 10.2. The van der Waals surface area contributed by atoms with Crippen LogP contribution in [0.15, 0.2) is 36.5 Å². The Hall–Kier alpha value is -2.25. The van der Waals surface area contributed by atoms with Crippen molar-refractivity contribution >= 4 is 24.0 Å². The fraction of sp³-hybridized carbons (Fsp3) is 0.524. The minimum absolute atomic E-state index is 0. The minimum Gasteiger partial charge on any atom is -0.497 e. The van der Waals surface area contributed by atoms with Crippen molar-refractivity contribution in [3.63, 3.8) is 0 Å². The lowest BCUT2D eigenvalue weighted by atomic mass is 10.1. The van der Waals surface area contributed by atoms with Crippen molar-refractivity contribution in [1.82, 2.24) is 20.4 Å². The van der Waals surface area contributed by atoms with Gasteiger partial charge in [0.05, 0.1) is 13.2 Å². The normalized spacial score (nSPS) is 21.5. The quantitative estimate of drug-likeness (QED) is 0.752. The fourth-order valence-corrected chi connectivity index (χ4v) is 4.09. The molecule has 2 unspecified atom stereocenters. The summed E-state index contributed by atoms with van der Waals surface area (Å²) in [5.74, 6) is 1.24. The molecular weight excluding hydrogens is 390 g/mol. The Morgan fingerprint density at radius 3 is 3.03 bits per heavy atom. The molecule has 2 N–H and O–H groups in total. The number of carbonyl (C=O) groups is 1. The van der Waals surface area contributed by atoms with Crippen LogP contribution in [0.2, 0.25) is 0 Å². The van der Waals surface area contributed by atoms with Crippen molar-refractivity contribution in [2.75, 3.05) is 44.7 Å². The number of nitrogens with one attached hydrogen (secondary N) is 2. The highest BCUT2D eigenvalue weighted by Gasteiger charge is 2.24. The maximum absolute atomic E-state index is 12.5. The van der Waals surface area contributed by atoms with E-state index in [9.17, 15) is 4.79 Å². The second kappa shape index (κ2) is 9.98. The summed E-state index contributed by atoms with van der Waals surface area (Å²) in [6.07, 6.45) is 5.25. The molecule has 7 nitrogen and oxygen atoms in total. The predicted octanol–water partition coefficient (Wildman–Crippen LogP) is 2.49. The van der Waals surface area contributed by atoms with Crippen molar-refractivity contribution in [3.05, 3.63) is 42.2 Å². The number of amides is 1. The maximum atomic E-state index is 12.5. The highest BCUT2D eigenvalue weighted by atomic mass is 35.5. The number of piperidine rings is 1. The number of carbonyl (C=O) groups excluding carboxylic acids is 1. The van der Waals surface area contributed by atoms with Gasteiger partial charge >= 0.3 is 0 Å². The number of hydrogen-bond acceptors (Lipinski definition) is 5. The van der Waals surface area contributed by atoms with Crippen LogP contribution < -0.4 is 20.3 Å². The second-order valence-electron chi connectivity index (χ2n) is 7.69. The molecule has 0 radical (unpaired) electrons. The van der Waals surface area contributed by atoms with E-state index >= 15 is 0 Å². The van der Waals surface area contributed by atoms with E-state index < -0.39 is 0 Å². The summed E-state index contributed by atoms with van der Waals surface area (Å²) in [5.41, 5.74) is 1.68. The van der Waals surface area contributed by atoms with Crippen molar-refractivity contribution in [1.29, 1.82) is 0 Å². The summed E-state index contributed by atoms with van der Waals surface area (Å²) in [5, 5.41) is 11.0. The smallest absolute Gasteiger partial charge is 0.271 e. The van der Waals surface area contributed by atoms with Crippen LogP contribution in [0, 0.1) is 5.92 Å². The van der Waals surface area contributed by atoms with Gasteiger partial charge in [0, 0.05) is 44.1 Å². The van der Waals surface area contributed by atoms with Gasteiger partial charge in [-0.3, -0.25) is 9.48 Å². The Morgan fingerprint density at radius 1 is 1.34 bits per heavy atom. The number of nitrogens with zero attached hydrogens (tertiary/aromatic N) is 3. The lowest BCUT2D eigenvalue weighted by Gasteiger charge is -2.22. The van der Waals surface area contributed by atoms with Gasteiger partial charge in [-0.1, -0.05) is 6.07 Å². The van der Waals surface area contributed by atoms with Crippen LogP contribution in [0.1, 0.15) is 35.8 Å². The third-order valence-corrected chi connectivity index (χ3v) is 5.74. The Balaban J connectivity index is 0.00000240. The van der Waals surface area contributed by atoms with E-state index in [1.807, 2.05) is 29.1 Å². The van der Waals surface area contributed by atoms with Gasteiger partial charge in [0.1, 0.15) is 11.4 Å². The van der Waals surface area contributed by atoms with E-state index in [-0.39, 0.29) is 18.3 Å². The van der Waals surface area contributed by atoms with Gasteiger partial charge in [0.2, 0.25) is 0 Å². The highest BCUT2D eigenvalue weighted by molar-refractivity contribution is 5.92. The zero-order valence-electron chi connectivity index (χ0n) is 16.8. The van der Waals surface area contributed by atoms with E-state index in [1.54, 1.807) is 7.11 Å². The first kappa shape index (κ1) is 21.5. The molecule has 0 aliphatic carbocycles. The molecule has 4 rings (SSSR count). The van der Waals surface area contributed by atoms with Crippen LogP contribution in [0.4, 0.5) is 5.69 Å². The molecule has 2 aromatic rings. The van der Waals surface area contributed by atoms with Crippen LogP contribution in [0.3, 0.4) is 0 Å². The molecule has 1 aromatic carbocycles. The van der Waals surface area contributed by atoms with Gasteiger partial charge in [-0.05, 0) is 49.9 Å². The van der Waals surface area contributed by atoms with Crippen LogP contribution in [-0.2, 0) is 0 Å². The molecule has 29 heavy (non-hydrogen) atoms. The lowest BCUT2D eigenvalue weighted by molar-refractivity contribution is 0.0942. The van der Waals surface area contributed by atoms with Gasteiger partial charge in [-0.2, -0.15) is 5.10 Å². The van der Waals surface area contributed by atoms with Crippen LogP contribution >= 0.6 is 12.4 Å². The molecule has 0 saturated carbocycles. The molecular formula is C21H30ClN5O2. The summed E-state index contributed by atoms with van der Waals surface area (Å²) in [6.45, 7) is 4.61. The number of anilines is 1. The molecule has 158 valence electrons. The number of ether oxygens (including phenoxy) is 1. The highest BCUT2D eigenvalue weighted by Crippen LogP contribution is 2.26. The Morgan fingerprint density at radius 2 is 2.24 bits per heavy atom. The van der Waals surface area contributed by atoms with Crippen LogP contribution in [-0.4, -0.2) is 55.5 Å². The first-order valence-electron chi connectivity index (χ1n) is 10.2. The molecule has 2 fully saturated rings. The predicted molar refractivity (Wildman–Crippen MR) is 116 cm³/mol. The van der Waals surface area contributed by atoms with E-state index in [1.165, 1.54) is 5.69 Å². The largest absolute Gasteiger partial charge is 0.497 e.